The van der Waals surface area contributed by atoms with E-state index in [1.807, 2.05) is 11.3 Å². The Labute approximate surface area is 90.5 Å². The van der Waals surface area contributed by atoms with Crippen LogP contribution >= 0.6 is 11.3 Å². The van der Waals surface area contributed by atoms with Crippen molar-refractivity contribution >= 4 is 11.3 Å². The Kier molecular flexibility index (Phi) is 3.24. The van der Waals surface area contributed by atoms with E-state index < -0.39 is 0 Å². The minimum absolute atomic E-state index is 0.597. The lowest BCUT2D eigenvalue weighted by molar-refractivity contribution is 0.384. The van der Waals surface area contributed by atoms with Crippen molar-refractivity contribution in [2.45, 2.75) is 32.2 Å². The second-order valence-corrected chi connectivity index (χ2v) is 5.44. The fourth-order valence-corrected chi connectivity index (χ4v) is 3.56. The number of hydrogen-bond donors (Lipinski definition) is 1. The summed E-state index contributed by atoms with van der Waals surface area (Å²) in [4.78, 5) is 1.51. The van der Waals surface area contributed by atoms with Crippen LogP contribution in [0.5, 0.6) is 0 Å². The molecule has 1 aliphatic carbocycles. The van der Waals surface area contributed by atoms with Gasteiger partial charge in [0.2, 0.25) is 0 Å². The van der Waals surface area contributed by atoms with E-state index in [0.717, 1.165) is 11.8 Å². The van der Waals surface area contributed by atoms with E-state index in [9.17, 15) is 0 Å². The van der Waals surface area contributed by atoms with E-state index in [1.165, 1.54) is 24.1 Å². The predicted molar refractivity (Wildman–Crippen MR) is 62.6 cm³/mol. The molecular weight excluding hydrogens is 190 g/mol. The first-order valence-electron chi connectivity index (χ1n) is 5.52. The minimum Gasteiger partial charge on any atom is -0.312 e. The Morgan fingerprint density at radius 1 is 1.50 bits per heavy atom. The first kappa shape index (κ1) is 10.2. The molecule has 1 aromatic rings. The summed E-state index contributed by atoms with van der Waals surface area (Å²) < 4.78 is 0. The average molecular weight is 209 g/mol. The third-order valence-electron chi connectivity index (χ3n) is 3.37. The molecule has 0 aliphatic heterocycles. The van der Waals surface area contributed by atoms with Crippen LogP contribution in [0.1, 0.15) is 37.1 Å². The second kappa shape index (κ2) is 4.45. The Bertz CT molecular complexity index is 268. The number of hydrogen-bond acceptors (Lipinski definition) is 2. The Morgan fingerprint density at radius 3 is 2.86 bits per heavy atom. The van der Waals surface area contributed by atoms with Crippen LogP contribution in [-0.2, 0) is 0 Å². The lowest BCUT2D eigenvalue weighted by atomic mass is 9.96. The van der Waals surface area contributed by atoms with Crippen LogP contribution in [0, 0.1) is 11.8 Å². The van der Waals surface area contributed by atoms with Gasteiger partial charge in [0, 0.05) is 10.9 Å². The summed E-state index contributed by atoms with van der Waals surface area (Å²) in [7, 11) is 2.09. The number of thiophene rings is 1. The molecule has 1 aromatic heterocycles. The van der Waals surface area contributed by atoms with Gasteiger partial charge in [0.05, 0.1) is 0 Å². The Hall–Kier alpha value is -0.340. The van der Waals surface area contributed by atoms with Gasteiger partial charge in [0.25, 0.3) is 0 Å². The lowest BCUT2D eigenvalue weighted by Gasteiger charge is -2.21. The fourth-order valence-electron chi connectivity index (χ4n) is 2.63. The zero-order valence-corrected chi connectivity index (χ0v) is 9.81. The lowest BCUT2D eigenvalue weighted by Crippen LogP contribution is -2.22. The van der Waals surface area contributed by atoms with E-state index in [-0.39, 0.29) is 0 Å². The molecule has 0 amide bonds. The first-order valence-corrected chi connectivity index (χ1v) is 6.40. The monoisotopic (exact) mass is 209 g/mol. The van der Waals surface area contributed by atoms with Crippen LogP contribution < -0.4 is 5.32 Å². The highest BCUT2D eigenvalue weighted by atomic mass is 32.1. The maximum Gasteiger partial charge on any atom is 0.0441 e. The van der Waals surface area contributed by atoms with Gasteiger partial charge in [-0.2, -0.15) is 0 Å². The smallest absolute Gasteiger partial charge is 0.0441 e. The van der Waals surface area contributed by atoms with E-state index in [4.69, 9.17) is 0 Å². The van der Waals surface area contributed by atoms with E-state index in [1.54, 1.807) is 0 Å². The van der Waals surface area contributed by atoms with Gasteiger partial charge in [-0.25, -0.2) is 0 Å². The summed E-state index contributed by atoms with van der Waals surface area (Å²) in [6.07, 6.45) is 4.20. The normalized spacial score (nSPS) is 29.3. The Morgan fingerprint density at radius 2 is 2.36 bits per heavy atom. The molecule has 78 valence electrons. The molecule has 14 heavy (non-hydrogen) atoms. The average Bonchev–Trinajstić information content (AvgIpc) is 2.79. The van der Waals surface area contributed by atoms with Crippen LogP contribution in [0.4, 0.5) is 0 Å². The van der Waals surface area contributed by atoms with Gasteiger partial charge in [-0.3, -0.25) is 0 Å². The molecular formula is C12H19NS. The first-order chi connectivity index (χ1) is 6.81. The molecule has 0 saturated heterocycles. The summed E-state index contributed by atoms with van der Waals surface area (Å²) in [6.45, 7) is 2.38. The van der Waals surface area contributed by atoms with E-state index in [0.29, 0.717) is 6.04 Å². The third-order valence-corrected chi connectivity index (χ3v) is 4.32. The molecule has 1 heterocycles. The van der Waals surface area contributed by atoms with Gasteiger partial charge in [0.1, 0.15) is 0 Å². The van der Waals surface area contributed by atoms with Gasteiger partial charge in [-0.1, -0.05) is 19.4 Å². The number of nitrogens with one attached hydrogen (secondary N) is 1. The van der Waals surface area contributed by atoms with Gasteiger partial charge in [-0.15, -0.1) is 11.3 Å². The standard InChI is InChI=1S/C12H19NS/c1-9-5-6-10(8-9)12(13-2)11-4-3-7-14-11/h3-4,7,9-10,12-13H,5-6,8H2,1-2H3. The molecule has 1 saturated carbocycles. The molecule has 1 nitrogen and oxygen atoms in total. The summed E-state index contributed by atoms with van der Waals surface area (Å²) in [5.74, 6) is 1.78. The van der Waals surface area contributed by atoms with Gasteiger partial charge >= 0.3 is 0 Å². The zero-order valence-electron chi connectivity index (χ0n) is 8.99. The van der Waals surface area contributed by atoms with Crippen LogP contribution in [0.15, 0.2) is 17.5 Å². The van der Waals surface area contributed by atoms with Crippen LogP contribution in [0.2, 0.25) is 0 Å². The maximum absolute atomic E-state index is 3.48. The van der Waals surface area contributed by atoms with Crippen molar-refractivity contribution in [1.82, 2.24) is 5.32 Å². The zero-order chi connectivity index (χ0) is 9.97. The van der Waals surface area contributed by atoms with Crippen LogP contribution in [0.25, 0.3) is 0 Å². The summed E-state index contributed by atoms with van der Waals surface area (Å²) in [6, 6.07) is 5.01. The molecule has 2 rings (SSSR count). The van der Waals surface area contributed by atoms with Crippen molar-refractivity contribution in [1.29, 1.82) is 0 Å². The number of rotatable bonds is 3. The molecule has 0 spiro atoms. The minimum atomic E-state index is 0.597. The Balaban J connectivity index is 2.07. The molecule has 2 heteroatoms. The van der Waals surface area contributed by atoms with Crippen molar-refractivity contribution in [2.24, 2.45) is 11.8 Å². The molecule has 0 aromatic carbocycles. The van der Waals surface area contributed by atoms with Crippen molar-refractivity contribution < 1.29 is 0 Å². The van der Waals surface area contributed by atoms with Crippen molar-refractivity contribution in [2.75, 3.05) is 7.05 Å². The van der Waals surface area contributed by atoms with Crippen molar-refractivity contribution in [3.63, 3.8) is 0 Å². The maximum atomic E-state index is 3.48. The molecule has 3 unspecified atom stereocenters. The van der Waals surface area contributed by atoms with Gasteiger partial charge in [-0.05, 0) is 43.2 Å². The highest BCUT2D eigenvalue weighted by Gasteiger charge is 2.29. The highest BCUT2D eigenvalue weighted by Crippen LogP contribution is 2.39. The molecule has 1 fully saturated rings. The largest absolute Gasteiger partial charge is 0.312 e. The molecule has 1 N–H and O–H groups in total. The van der Waals surface area contributed by atoms with Crippen LogP contribution in [-0.4, -0.2) is 7.05 Å². The predicted octanol–water partition coefficient (Wildman–Crippen LogP) is 3.44. The van der Waals surface area contributed by atoms with Crippen LogP contribution in [0.3, 0.4) is 0 Å². The van der Waals surface area contributed by atoms with Crippen molar-refractivity contribution in [3.05, 3.63) is 22.4 Å². The summed E-state index contributed by atoms with van der Waals surface area (Å²) >= 11 is 1.88. The highest BCUT2D eigenvalue weighted by molar-refractivity contribution is 7.10. The van der Waals surface area contributed by atoms with E-state index >= 15 is 0 Å². The SMILES string of the molecule is CNC(c1cccs1)C1CCC(C)C1. The summed E-state index contributed by atoms with van der Waals surface area (Å²) in [5, 5.41) is 5.66. The second-order valence-electron chi connectivity index (χ2n) is 4.46. The molecule has 1 aliphatic rings. The van der Waals surface area contributed by atoms with Crippen molar-refractivity contribution in [3.8, 4) is 0 Å². The third kappa shape index (κ3) is 2.01. The topological polar surface area (TPSA) is 12.0 Å². The van der Waals surface area contributed by atoms with E-state index in [2.05, 4.69) is 36.8 Å². The quantitative estimate of drug-likeness (QED) is 0.804. The fraction of sp³-hybridized carbons (Fsp3) is 0.667. The van der Waals surface area contributed by atoms with Gasteiger partial charge < -0.3 is 5.32 Å². The molecule has 0 bridgehead atoms. The summed E-state index contributed by atoms with van der Waals surface area (Å²) in [5.41, 5.74) is 0. The molecule has 3 atom stereocenters. The van der Waals surface area contributed by atoms with Gasteiger partial charge in [0.15, 0.2) is 0 Å². The molecule has 0 radical (unpaired) electrons.